The molecule has 0 aliphatic heterocycles. The van der Waals surface area contributed by atoms with Gasteiger partial charge in [0.1, 0.15) is 0 Å². The molecular formula is C10H16O. The van der Waals surface area contributed by atoms with Gasteiger partial charge in [-0.05, 0) is 43.1 Å². The average molecular weight is 152 g/mol. The van der Waals surface area contributed by atoms with Gasteiger partial charge in [-0.1, -0.05) is 6.42 Å². The minimum atomic E-state index is 0.740. The van der Waals surface area contributed by atoms with Gasteiger partial charge in [-0.2, -0.15) is 0 Å². The third kappa shape index (κ3) is 1.17. The smallest absolute Gasteiger partial charge is 0.0816 e. The number of allylic oxidation sites excluding steroid dienone is 1. The van der Waals surface area contributed by atoms with Crippen LogP contribution in [0.4, 0.5) is 0 Å². The van der Waals surface area contributed by atoms with Crippen LogP contribution in [0, 0.1) is 5.41 Å². The Morgan fingerprint density at radius 3 is 2.64 bits per heavy atom. The van der Waals surface area contributed by atoms with E-state index in [-0.39, 0.29) is 0 Å². The summed E-state index contributed by atoms with van der Waals surface area (Å²) in [4.78, 5) is 0. The Balaban J connectivity index is 1.98. The maximum absolute atomic E-state index is 5.03. The molecule has 0 aromatic carbocycles. The van der Waals surface area contributed by atoms with Gasteiger partial charge in [0.15, 0.2) is 0 Å². The van der Waals surface area contributed by atoms with Crippen molar-refractivity contribution >= 4 is 0 Å². The third-order valence-corrected chi connectivity index (χ3v) is 3.28. The van der Waals surface area contributed by atoms with Crippen LogP contribution >= 0.6 is 0 Å². The lowest BCUT2D eigenvalue weighted by Crippen LogP contribution is -2.25. The summed E-state index contributed by atoms with van der Waals surface area (Å²) in [6.45, 7) is 0. The van der Waals surface area contributed by atoms with Gasteiger partial charge in [0.05, 0.1) is 13.4 Å². The van der Waals surface area contributed by atoms with E-state index in [0.717, 1.165) is 5.41 Å². The molecule has 0 atom stereocenters. The first-order valence-electron chi connectivity index (χ1n) is 4.55. The van der Waals surface area contributed by atoms with Crippen molar-refractivity contribution in [2.45, 2.75) is 38.5 Å². The molecular weight excluding hydrogens is 136 g/mol. The van der Waals surface area contributed by atoms with Gasteiger partial charge in [-0.3, -0.25) is 0 Å². The first kappa shape index (κ1) is 7.20. The lowest BCUT2D eigenvalue weighted by Gasteiger charge is -2.37. The van der Waals surface area contributed by atoms with Crippen LogP contribution in [0.3, 0.4) is 0 Å². The van der Waals surface area contributed by atoms with Crippen LogP contribution in [0.2, 0.25) is 0 Å². The summed E-state index contributed by atoms with van der Waals surface area (Å²) in [5.74, 6) is 0. The Kier molecular flexibility index (Phi) is 1.67. The molecule has 2 fully saturated rings. The normalized spacial score (nSPS) is 30.8. The Morgan fingerprint density at radius 2 is 2.18 bits per heavy atom. The second-order valence-corrected chi connectivity index (χ2v) is 4.04. The molecule has 11 heavy (non-hydrogen) atoms. The molecule has 1 heteroatoms. The summed E-state index contributed by atoms with van der Waals surface area (Å²) in [5, 5.41) is 0. The summed E-state index contributed by atoms with van der Waals surface area (Å²) in [6, 6.07) is 0. The summed E-state index contributed by atoms with van der Waals surface area (Å²) in [7, 11) is 1.75. The predicted molar refractivity (Wildman–Crippen MR) is 45.2 cm³/mol. The third-order valence-electron chi connectivity index (χ3n) is 3.28. The number of methoxy groups -OCH3 is 1. The van der Waals surface area contributed by atoms with Crippen molar-refractivity contribution < 1.29 is 4.74 Å². The van der Waals surface area contributed by atoms with Crippen LogP contribution in [-0.4, -0.2) is 7.11 Å². The van der Waals surface area contributed by atoms with Crippen molar-refractivity contribution in [1.82, 2.24) is 0 Å². The highest BCUT2D eigenvalue weighted by Gasteiger charge is 2.41. The van der Waals surface area contributed by atoms with E-state index in [0.29, 0.717) is 0 Å². The standard InChI is InChI=1S/C10H16O/c1-11-8-9-3-6-10(7-9)4-2-5-10/h8H,2-7H2,1H3/b9-8-. The minimum Gasteiger partial charge on any atom is -0.504 e. The van der Waals surface area contributed by atoms with Crippen molar-refractivity contribution in [2.75, 3.05) is 7.11 Å². The Bertz CT molecular complexity index is 177. The lowest BCUT2D eigenvalue weighted by molar-refractivity contribution is 0.147. The fourth-order valence-electron chi connectivity index (χ4n) is 2.45. The highest BCUT2D eigenvalue weighted by Crippen LogP contribution is 2.54. The van der Waals surface area contributed by atoms with Crippen LogP contribution in [0.25, 0.3) is 0 Å². The van der Waals surface area contributed by atoms with Crippen molar-refractivity contribution in [3.8, 4) is 0 Å². The zero-order valence-electron chi connectivity index (χ0n) is 7.23. The molecule has 2 aliphatic rings. The van der Waals surface area contributed by atoms with Crippen molar-refractivity contribution in [1.29, 1.82) is 0 Å². The molecule has 62 valence electrons. The van der Waals surface area contributed by atoms with Gasteiger partial charge < -0.3 is 4.74 Å². The van der Waals surface area contributed by atoms with Crippen LogP contribution < -0.4 is 0 Å². The molecule has 0 radical (unpaired) electrons. The SMILES string of the molecule is CO/C=C1/CCC2(CCC2)C1. The molecule has 0 unspecified atom stereocenters. The van der Waals surface area contributed by atoms with Crippen LogP contribution in [0.5, 0.6) is 0 Å². The maximum atomic E-state index is 5.03. The van der Waals surface area contributed by atoms with E-state index in [1.807, 2.05) is 6.26 Å². The molecule has 0 amide bonds. The topological polar surface area (TPSA) is 9.23 Å². The molecule has 1 nitrogen and oxygen atoms in total. The van der Waals surface area contributed by atoms with Crippen molar-refractivity contribution in [3.63, 3.8) is 0 Å². The van der Waals surface area contributed by atoms with Crippen LogP contribution in [-0.2, 0) is 4.74 Å². The fraction of sp³-hybridized carbons (Fsp3) is 0.800. The zero-order valence-corrected chi connectivity index (χ0v) is 7.23. The fourth-order valence-corrected chi connectivity index (χ4v) is 2.45. The molecule has 0 saturated heterocycles. The maximum Gasteiger partial charge on any atom is 0.0816 e. The first-order chi connectivity index (χ1) is 5.35. The minimum absolute atomic E-state index is 0.740. The van der Waals surface area contributed by atoms with E-state index >= 15 is 0 Å². The second kappa shape index (κ2) is 2.54. The van der Waals surface area contributed by atoms with Gasteiger partial charge in [0.25, 0.3) is 0 Å². The van der Waals surface area contributed by atoms with E-state index in [1.54, 1.807) is 7.11 Å². The molecule has 0 heterocycles. The number of rotatable bonds is 1. The van der Waals surface area contributed by atoms with Gasteiger partial charge in [0, 0.05) is 0 Å². The molecule has 0 aromatic heterocycles. The summed E-state index contributed by atoms with van der Waals surface area (Å²) >= 11 is 0. The summed E-state index contributed by atoms with van der Waals surface area (Å²) in [6.07, 6.45) is 10.4. The lowest BCUT2D eigenvalue weighted by atomic mass is 9.68. The van der Waals surface area contributed by atoms with Crippen LogP contribution in [0.15, 0.2) is 11.8 Å². The molecule has 2 rings (SSSR count). The van der Waals surface area contributed by atoms with Crippen molar-refractivity contribution in [2.24, 2.45) is 5.41 Å². The van der Waals surface area contributed by atoms with Gasteiger partial charge in [-0.15, -0.1) is 0 Å². The molecule has 0 aromatic rings. The first-order valence-corrected chi connectivity index (χ1v) is 4.55. The number of hydrogen-bond acceptors (Lipinski definition) is 1. The van der Waals surface area contributed by atoms with E-state index < -0.39 is 0 Å². The van der Waals surface area contributed by atoms with Gasteiger partial charge in [0.2, 0.25) is 0 Å². The van der Waals surface area contributed by atoms with Crippen LogP contribution in [0.1, 0.15) is 38.5 Å². The number of ether oxygens (including phenoxy) is 1. The monoisotopic (exact) mass is 152 g/mol. The molecule has 1 spiro atoms. The molecule has 2 saturated carbocycles. The van der Waals surface area contributed by atoms with Gasteiger partial charge >= 0.3 is 0 Å². The Hall–Kier alpha value is -0.460. The number of hydrogen-bond donors (Lipinski definition) is 0. The van der Waals surface area contributed by atoms with E-state index in [1.165, 1.54) is 44.1 Å². The second-order valence-electron chi connectivity index (χ2n) is 4.04. The van der Waals surface area contributed by atoms with Gasteiger partial charge in [-0.25, -0.2) is 0 Å². The highest BCUT2D eigenvalue weighted by molar-refractivity contribution is 5.12. The quantitative estimate of drug-likeness (QED) is 0.525. The van der Waals surface area contributed by atoms with E-state index in [9.17, 15) is 0 Å². The molecule has 2 aliphatic carbocycles. The largest absolute Gasteiger partial charge is 0.504 e. The van der Waals surface area contributed by atoms with E-state index in [4.69, 9.17) is 4.74 Å². The Labute approximate surface area is 68.4 Å². The summed E-state index contributed by atoms with van der Waals surface area (Å²) in [5.41, 5.74) is 2.27. The summed E-state index contributed by atoms with van der Waals surface area (Å²) < 4.78 is 5.03. The average Bonchev–Trinajstić information content (AvgIpc) is 2.32. The zero-order chi connectivity index (χ0) is 7.73. The van der Waals surface area contributed by atoms with Crippen molar-refractivity contribution in [3.05, 3.63) is 11.8 Å². The van der Waals surface area contributed by atoms with E-state index in [2.05, 4.69) is 0 Å². The molecule has 0 N–H and O–H groups in total. The molecule has 0 bridgehead atoms. The Morgan fingerprint density at radius 1 is 1.36 bits per heavy atom. The highest BCUT2D eigenvalue weighted by atomic mass is 16.5. The predicted octanol–water partition coefficient (Wildman–Crippen LogP) is 2.87.